The highest BCUT2D eigenvalue weighted by Gasteiger charge is 2.19. The van der Waals surface area contributed by atoms with Crippen molar-refractivity contribution >= 4 is 17.9 Å². The Labute approximate surface area is 312 Å². The molecule has 6 heteroatoms. The van der Waals surface area contributed by atoms with E-state index >= 15 is 0 Å². The first-order chi connectivity index (χ1) is 25.0. The van der Waals surface area contributed by atoms with Crippen LogP contribution in [0.5, 0.6) is 0 Å². The normalized spacial score (nSPS) is 12.8. The van der Waals surface area contributed by atoms with E-state index in [1.54, 1.807) is 0 Å². The molecule has 0 radical (unpaired) electrons. The summed E-state index contributed by atoms with van der Waals surface area (Å²) in [5, 5.41) is 0. The van der Waals surface area contributed by atoms with Crippen LogP contribution in [0.25, 0.3) is 0 Å². The maximum absolute atomic E-state index is 12.5. The van der Waals surface area contributed by atoms with Crippen molar-refractivity contribution in [2.75, 3.05) is 13.2 Å². The van der Waals surface area contributed by atoms with Crippen molar-refractivity contribution in [2.45, 2.75) is 181 Å². The van der Waals surface area contributed by atoms with Crippen LogP contribution < -0.4 is 0 Å². The number of rotatable bonds is 35. The van der Waals surface area contributed by atoms with Gasteiger partial charge in [0.25, 0.3) is 0 Å². The Balaban J connectivity index is 4.25. The number of carbonyl (C=O) groups excluding carboxylic acids is 3. The highest BCUT2D eigenvalue weighted by Crippen LogP contribution is 2.11. The number of hydrogen-bond acceptors (Lipinski definition) is 6. The first-order valence-corrected chi connectivity index (χ1v) is 20.4. The number of ether oxygens (including phenoxy) is 3. The van der Waals surface area contributed by atoms with Gasteiger partial charge in [-0.1, -0.05) is 158 Å². The van der Waals surface area contributed by atoms with Gasteiger partial charge in [0, 0.05) is 19.3 Å². The topological polar surface area (TPSA) is 78.9 Å². The third-order valence-electron chi connectivity index (χ3n) is 8.23. The molecule has 0 aliphatic heterocycles. The first kappa shape index (κ1) is 47.8. The van der Waals surface area contributed by atoms with Crippen LogP contribution in [-0.2, 0) is 28.6 Å². The van der Waals surface area contributed by atoms with Gasteiger partial charge in [-0.3, -0.25) is 14.4 Å². The maximum atomic E-state index is 12.5. The number of hydrogen-bond donors (Lipinski definition) is 0. The largest absolute Gasteiger partial charge is 0.462 e. The predicted octanol–water partition coefficient (Wildman–Crippen LogP) is 12.7. The van der Waals surface area contributed by atoms with E-state index in [0.29, 0.717) is 19.3 Å². The van der Waals surface area contributed by atoms with Crippen LogP contribution in [0, 0.1) is 0 Å². The molecule has 6 nitrogen and oxygen atoms in total. The van der Waals surface area contributed by atoms with Crippen LogP contribution in [0.1, 0.15) is 175 Å². The van der Waals surface area contributed by atoms with Gasteiger partial charge in [-0.15, -0.1) is 0 Å². The summed E-state index contributed by atoms with van der Waals surface area (Å²) in [7, 11) is 0. The molecule has 290 valence electrons. The lowest BCUT2D eigenvalue weighted by molar-refractivity contribution is -0.167. The minimum Gasteiger partial charge on any atom is -0.462 e. The van der Waals surface area contributed by atoms with Gasteiger partial charge in [0.1, 0.15) is 13.2 Å². The molecule has 0 bridgehead atoms. The zero-order chi connectivity index (χ0) is 37.3. The van der Waals surface area contributed by atoms with Gasteiger partial charge >= 0.3 is 17.9 Å². The lowest BCUT2D eigenvalue weighted by atomic mass is 10.1. The molecule has 0 aromatic heterocycles. The zero-order valence-corrected chi connectivity index (χ0v) is 32.8. The fourth-order valence-electron chi connectivity index (χ4n) is 5.15. The van der Waals surface area contributed by atoms with Crippen molar-refractivity contribution in [2.24, 2.45) is 0 Å². The smallest absolute Gasteiger partial charge is 0.306 e. The molecule has 0 rings (SSSR count). The van der Waals surface area contributed by atoms with Gasteiger partial charge in [-0.2, -0.15) is 0 Å². The summed E-state index contributed by atoms with van der Waals surface area (Å²) < 4.78 is 16.4. The molecule has 0 saturated carbocycles. The molecule has 1 unspecified atom stereocenters. The third-order valence-corrected chi connectivity index (χ3v) is 8.23. The van der Waals surface area contributed by atoms with E-state index in [2.05, 4.69) is 93.7 Å². The molecule has 0 aromatic rings. The lowest BCUT2D eigenvalue weighted by Gasteiger charge is -2.18. The van der Waals surface area contributed by atoms with Crippen molar-refractivity contribution < 1.29 is 28.6 Å². The van der Waals surface area contributed by atoms with Crippen LogP contribution in [-0.4, -0.2) is 37.2 Å². The minimum atomic E-state index is -0.783. The molecule has 0 aromatic carbocycles. The summed E-state index contributed by atoms with van der Waals surface area (Å²) in [5.74, 6) is -0.968. The van der Waals surface area contributed by atoms with Gasteiger partial charge in [0.2, 0.25) is 0 Å². The Kier molecular flexibility index (Phi) is 37.2. The van der Waals surface area contributed by atoms with Gasteiger partial charge in [-0.25, -0.2) is 0 Å². The standard InChI is InChI=1S/C45H74O6/c1-4-7-10-13-15-16-17-18-19-20-21-22-23-24-25-26-27-28-30-32-35-38-44(47)50-41-42(40-49-43(46)37-34-31-12-9-6-3)51-45(48)39-36-33-29-14-11-8-5-2/h7,10,15-16,18-19,21-22,24-25,27-28,42H,4-6,8-9,11-14,17,20,23,26,29-41H2,1-3H3/b10-7-,16-15-,19-18-,22-21-,25-24-,28-27-. The van der Waals surface area contributed by atoms with E-state index in [1.165, 1.54) is 32.1 Å². The third kappa shape index (κ3) is 37.9. The fourth-order valence-corrected chi connectivity index (χ4v) is 5.15. The lowest BCUT2D eigenvalue weighted by Crippen LogP contribution is -2.30. The van der Waals surface area contributed by atoms with Crippen molar-refractivity contribution in [3.8, 4) is 0 Å². The molecule has 0 heterocycles. The molecule has 0 aliphatic carbocycles. The monoisotopic (exact) mass is 711 g/mol. The van der Waals surface area contributed by atoms with Gasteiger partial charge in [0.05, 0.1) is 0 Å². The molecular formula is C45H74O6. The SMILES string of the molecule is CC/C=C\C/C=C\C/C=C\C/C=C\C/C=C\C/C=C\CCCCC(=O)OCC(COC(=O)CCCCCCC)OC(=O)CCCCCCCCC. The summed E-state index contributed by atoms with van der Waals surface area (Å²) in [6.45, 7) is 6.32. The van der Waals surface area contributed by atoms with Crippen molar-refractivity contribution in [3.63, 3.8) is 0 Å². The van der Waals surface area contributed by atoms with Crippen molar-refractivity contribution in [1.82, 2.24) is 0 Å². The number of allylic oxidation sites excluding steroid dienone is 12. The summed E-state index contributed by atoms with van der Waals surface area (Å²) in [5.41, 5.74) is 0. The van der Waals surface area contributed by atoms with E-state index < -0.39 is 6.10 Å². The Morgan fingerprint density at radius 2 is 0.765 bits per heavy atom. The molecule has 0 spiro atoms. The highest BCUT2D eigenvalue weighted by atomic mass is 16.6. The van der Waals surface area contributed by atoms with Crippen LogP contribution in [0.2, 0.25) is 0 Å². The molecule has 0 aliphatic rings. The second kappa shape index (κ2) is 39.6. The second-order valence-electron chi connectivity index (χ2n) is 13.2. The summed E-state index contributed by atoms with van der Waals surface area (Å²) >= 11 is 0. The Morgan fingerprint density at radius 3 is 1.20 bits per heavy atom. The molecule has 0 fully saturated rings. The van der Waals surface area contributed by atoms with Crippen LogP contribution in [0.3, 0.4) is 0 Å². The molecule has 1 atom stereocenters. The van der Waals surface area contributed by atoms with Gasteiger partial charge in [-0.05, 0) is 70.6 Å². The molecular weight excluding hydrogens is 636 g/mol. The van der Waals surface area contributed by atoms with Crippen molar-refractivity contribution in [3.05, 3.63) is 72.9 Å². The van der Waals surface area contributed by atoms with Gasteiger partial charge in [0.15, 0.2) is 6.10 Å². The van der Waals surface area contributed by atoms with Crippen LogP contribution in [0.4, 0.5) is 0 Å². The first-order valence-electron chi connectivity index (χ1n) is 20.4. The number of unbranched alkanes of at least 4 members (excludes halogenated alkanes) is 12. The fraction of sp³-hybridized carbons (Fsp3) is 0.667. The predicted molar refractivity (Wildman–Crippen MR) is 214 cm³/mol. The van der Waals surface area contributed by atoms with E-state index in [-0.39, 0.29) is 31.1 Å². The average Bonchev–Trinajstić information content (AvgIpc) is 3.12. The maximum Gasteiger partial charge on any atom is 0.306 e. The van der Waals surface area contributed by atoms with Crippen LogP contribution >= 0.6 is 0 Å². The summed E-state index contributed by atoms with van der Waals surface area (Å²) in [6, 6.07) is 0. The molecule has 0 amide bonds. The Bertz CT molecular complexity index is 1000. The molecule has 51 heavy (non-hydrogen) atoms. The van der Waals surface area contributed by atoms with Crippen LogP contribution in [0.15, 0.2) is 72.9 Å². The van der Waals surface area contributed by atoms with Crippen molar-refractivity contribution in [1.29, 1.82) is 0 Å². The zero-order valence-electron chi connectivity index (χ0n) is 32.8. The minimum absolute atomic E-state index is 0.0908. The number of esters is 3. The van der Waals surface area contributed by atoms with Gasteiger partial charge < -0.3 is 14.2 Å². The highest BCUT2D eigenvalue weighted by molar-refractivity contribution is 5.71. The second-order valence-corrected chi connectivity index (χ2v) is 13.2. The Hall–Kier alpha value is -3.15. The van der Waals surface area contributed by atoms with E-state index in [9.17, 15) is 14.4 Å². The summed E-state index contributed by atoms with van der Waals surface area (Å²) in [6.07, 6.45) is 47.9. The van der Waals surface area contributed by atoms with E-state index in [1.807, 2.05) is 0 Å². The quantitative estimate of drug-likeness (QED) is 0.0282. The Morgan fingerprint density at radius 1 is 0.412 bits per heavy atom. The van der Waals surface area contributed by atoms with E-state index in [4.69, 9.17) is 14.2 Å². The summed E-state index contributed by atoms with van der Waals surface area (Å²) in [4.78, 5) is 37.2. The molecule has 0 saturated heterocycles. The van der Waals surface area contributed by atoms with E-state index in [0.717, 1.165) is 103 Å². The average molecular weight is 711 g/mol. The number of carbonyl (C=O) groups is 3. The molecule has 0 N–H and O–H groups in total.